The van der Waals surface area contributed by atoms with E-state index in [1.165, 1.54) is 22.3 Å². The Bertz CT molecular complexity index is 598. The molecule has 1 aromatic heterocycles. The van der Waals surface area contributed by atoms with E-state index in [1.54, 1.807) is 0 Å². The molecular weight excluding hydrogens is 258 g/mol. The van der Waals surface area contributed by atoms with Gasteiger partial charge in [-0.3, -0.25) is 0 Å². The van der Waals surface area contributed by atoms with E-state index in [-0.39, 0.29) is 6.04 Å². The van der Waals surface area contributed by atoms with E-state index >= 15 is 0 Å². The number of nitrogens with one attached hydrogen (secondary N) is 1. The highest BCUT2D eigenvalue weighted by Gasteiger charge is 2.22. The summed E-state index contributed by atoms with van der Waals surface area (Å²) in [6, 6.07) is 9.10. The molecule has 1 unspecified atom stereocenters. The number of aryl methyl sites for hydroxylation is 3. The van der Waals surface area contributed by atoms with Crippen LogP contribution in [0.2, 0.25) is 0 Å². The van der Waals surface area contributed by atoms with Gasteiger partial charge in [-0.1, -0.05) is 38.1 Å². The van der Waals surface area contributed by atoms with Crippen LogP contribution in [0, 0.1) is 20.8 Å². The van der Waals surface area contributed by atoms with Crippen LogP contribution in [-0.4, -0.2) is 6.54 Å². The van der Waals surface area contributed by atoms with Gasteiger partial charge in [0.25, 0.3) is 0 Å². The summed E-state index contributed by atoms with van der Waals surface area (Å²) in [6.45, 7) is 11.7. The van der Waals surface area contributed by atoms with Crippen molar-refractivity contribution in [2.45, 2.75) is 53.5 Å². The lowest BCUT2D eigenvalue weighted by Crippen LogP contribution is -2.24. The van der Waals surface area contributed by atoms with Crippen molar-refractivity contribution in [1.82, 2.24) is 5.32 Å². The molecular formula is C19H27NO. The molecule has 114 valence electrons. The first-order valence-corrected chi connectivity index (χ1v) is 7.97. The van der Waals surface area contributed by atoms with Gasteiger partial charge in [0.2, 0.25) is 0 Å². The number of benzene rings is 1. The molecule has 1 atom stereocenters. The third kappa shape index (κ3) is 3.38. The van der Waals surface area contributed by atoms with Crippen molar-refractivity contribution in [2.75, 3.05) is 6.54 Å². The fraction of sp³-hybridized carbons (Fsp3) is 0.474. The molecule has 2 aromatic rings. The number of rotatable bonds is 6. The van der Waals surface area contributed by atoms with E-state index in [4.69, 9.17) is 4.42 Å². The second kappa shape index (κ2) is 6.95. The van der Waals surface area contributed by atoms with Crippen LogP contribution in [0.3, 0.4) is 0 Å². The largest absolute Gasteiger partial charge is 0.466 e. The zero-order valence-electron chi connectivity index (χ0n) is 13.9. The van der Waals surface area contributed by atoms with Crippen molar-refractivity contribution in [3.63, 3.8) is 0 Å². The summed E-state index contributed by atoms with van der Waals surface area (Å²) in [7, 11) is 0. The lowest BCUT2D eigenvalue weighted by molar-refractivity contribution is 0.493. The summed E-state index contributed by atoms with van der Waals surface area (Å²) >= 11 is 0. The first kappa shape index (κ1) is 15.8. The molecule has 0 amide bonds. The molecule has 0 saturated carbocycles. The van der Waals surface area contributed by atoms with E-state index in [9.17, 15) is 0 Å². The highest BCUT2D eigenvalue weighted by atomic mass is 16.3. The van der Waals surface area contributed by atoms with Crippen LogP contribution < -0.4 is 5.32 Å². The molecule has 0 aliphatic rings. The summed E-state index contributed by atoms with van der Waals surface area (Å²) < 4.78 is 5.84. The molecule has 0 aliphatic heterocycles. The second-order valence-corrected chi connectivity index (χ2v) is 5.74. The van der Waals surface area contributed by atoms with E-state index in [2.05, 4.69) is 57.3 Å². The third-order valence-electron chi connectivity index (χ3n) is 4.20. The lowest BCUT2D eigenvalue weighted by atomic mass is 9.93. The Balaban J connectivity index is 2.46. The summed E-state index contributed by atoms with van der Waals surface area (Å²) in [6.07, 6.45) is 2.19. The molecule has 2 heteroatoms. The standard InChI is InChI=1S/C19H27NO/c1-6-11-20-19(17-10-8-9-16(7-2)12-17)18-13(3)14(4)21-15(18)5/h8-10,12,19-20H,6-7,11H2,1-5H3. The molecule has 0 fully saturated rings. The highest BCUT2D eigenvalue weighted by Crippen LogP contribution is 2.31. The van der Waals surface area contributed by atoms with Gasteiger partial charge < -0.3 is 9.73 Å². The highest BCUT2D eigenvalue weighted by molar-refractivity contribution is 5.41. The van der Waals surface area contributed by atoms with Crippen LogP contribution in [-0.2, 0) is 6.42 Å². The zero-order chi connectivity index (χ0) is 15.4. The van der Waals surface area contributed by atoms with Gasteiger partial charge in [-0.2, -0.15) is 0 Å². The van der Waals surface area contributed by atoms with Gasteiger partial charge in [-0.15, -0.1) is 0 Å². The van der Waals surface area contributed by atoms with Gasteiger partial charge in [0.1, 0.15) is 11.5 Å². The molecule has 0 radical (unpaired) electrons. The summed E-state index contributed by atoms with van der Waals surface area (Å²) in [5, 5.41) is 3.69. The molecule has 21 heavy (non-hydrogen) atoms. The lowest BCUT2D eigenvalue weighted by Gasteiger charge is -2.20. The normalized spacial score (nSPS) is 12.6. The van der Waals surface area contributed by atoms with Gasteiger partial charge >= 0.3 is 0 Å². The molecule has 0 saturated heterocycles. The predicted molar refractivity (Wildman–Crippen MR) is 88.9 cm³/mol. The topological polar surface area (TPSA) is 25.2 Å². The zero-order valence-corrected chi connectivity index (χ0v) is 13.9. The van der Waals surface area contributed by atoms with E-state index < -0.39 is 0 Å². The van der Waals surface area contributed by atoms with Crippen LogP contribution in [0.4, 0.5) is 0 Å². The predicted octanol–water partition coefficient (Wildman–Crippen LogP) is 4.86. The minimum absolute atomic E-state index is 0.217. The van der Waals surface area contributed by atoms with Crippen molar-refractivity contribution in [2.24, 2.45) is 0 Å². The number of hydrogen-bond acceptors (Lipinski definition) is 2. The van der Waals surface area contributed by atoms with Gasteiger partial charge in [0.15, 0.2) is 0 Å². The minimum atomic E-state index is 0.217. The monoisotopic (exact) mass is 285 g/mol. The maximum Gasteiger partial charge on any atom is 0.106 e. The van der Waals surface area contributed by atoms with Crippen LogP contribution in [0.5, 0.6) is 0 Å². The average Bonchev–Trinajstić information content (AvgIpc) is 2.74. The summed E-state index contributed by atoms with van der Waals surface area (Å²) in [4.78, 5) is 0. The number of furan rings is 1. The SMILES string of the molecule is CCCNC(c1cccc(CC)c1)c1c(C)oc(C)c1C. The van der Waals surface area contributed by atoms with Gasteiger partial charge in [0, 0.05) is 5.56 Å². The number of hydrogen-bond donors (Lipinski definition) is 1. The Hall–Kier alpha value is -1.54. The van der Waals surface area contributed by atoms with Gasteiger partial charge in [-0.25, -0.2) is 0 Å². The van der Waals surface area contributed by atoms with Crippen molar-refractivity contribution in [1.29, 1.82) is 0 Å². The first-order valence-electron chi connectivity index (χ1n) is 7.97. The van der Waals surface area contributed by atoms with Crippen molar-refractivity contribution < 1.29 is 4.42 Å². The quantitative estimate of drug-likeness (QED) is 0.820. The fourth-order valence-electron chi connectivity index (χ4n) is 2.90. The third-order valence-corrected chi connectivity index (χ3v) is 4.20. The summed E-state index contributed by atoms with van der Waals surface area (Å²) in [5.74, 6) is 2.05. The Morgan fingerprint density at radius 2 is 1.86 bits per heavy atom. The average molecular weight is 285 g/mol. The molecule has 0 aliphatic carbocycles. The van der Waals surface area contributed by atoms with Crippen LogP contribution >= 0.6 is 0 Å². The van der Waals surface area contributed by atoms with Crippen molar-refractivity contribution >= 4 is 0 Å². The Labute approximate surface area is 128 Å². The van der Waals surface area contributed by atoms with Gasteiger partial charge in [-0.05, 0) is 56.8 Å². The maximum atomic E-state index is 5.84. The smallest absolute Gasteiger partial charge is 0.106 e. The molecule has 1 N–H and O–H groups in total. The Kier molecular flexibility index (Phi) is 5.24. The fourth-order valence-corrected chi connectivity index (χ4v) is 2.90. The van der Waals surface area contributed by atoms with Crippen LogP contribution in [0.25, 0.3) is 0 Å². The minimum Gasteiger partial charge on any atom is -0.466 e. The molecule has 2 rings (SSSR count). The van der Waals surface area contributed by atoms with E-state index in [1.807, 2.05) is 6.92 Å². The molecule has 2 nitrogen and oxygen atoms in total. The molecule has 0 bridgehead atoms. The van der Waals surface area contributed by atoms with Gasteiger partial charge in [0.05, 0.1) is 6.04 Å². The Morgan fingerprint density at radius 3 is 2.43 bits per heavy atom. The first-order chi connectivity index (χ1) is 10.1. The Morgan fingerprint density at radius 1 is 1.10 bits per heavy atom. The summed E-state index contributed by atoms with van der Waals surface area (Å²) in [5.41, 5.74) is 5.28. The maximum absolute atomic E-state index is 5.84. The molecule has 1 heterocycles. The molecule has 1 aromatic carbocycles. The van der Waals surface area contributed by atoms with Crippen molar-refractivity contribution in [3.8, 4) is 0 Å². The molecule has 0 spiro atoms. The van der Waals surface area contributed by atoms with E-state index in [0.29, 0.717) is 0 Å². The van der Waals surface area contributed by atoms with Crippen LogP contribution in [0.15, 0.2) is 28.7 Å². The van der Waals surface area contributed by atoms with Crippen LogP contribution in [0.1, 0.15) is 60.1 Å². The van der Waals surface area contributed by atoms with E-state index in [0.717, 1.165) is 30.9 Å². The van der Waals surface area contributed by atoms with Crippen molar-refractivity contribution in [3.05, 3.63) is 58.0 Å². The second-order valence-electron chi connectivity index (χ2n) is 5.74.